The molecule has 0 spiro atoms. The highest BCUT2D eigenvalue weighted by Gasteiger charge is 2.10. The summed E-state index contributed by atoms with van der Waals surface area (Å²) < 4.78 is 7.54. The molecule has 5 heteroatoms. The third-order valence-corrected chi connectivity index (χ3v) is 4.28. The number of imidazole rings is 1. The summed E-state index contributed by atoms with van der Waals surface area (Å²) in [7, 11) is 0. The largest absolute Gasteiger partial charge is 0.491 e. The van der Waals surface area contributed by atoms with Gasteiger partial charge in [0.25, 0.3) is 5.91 Å². The van der Waals surface area contributed by atoms with E-state index in [1.807, 2.05) is 85.2 Å². The number of fused-ring (bicyclic) bond motifs is 1. The standard InChI is InChI=1S/C23H21N3O2/c1-16(2)28-20-10-8-19(9-11-20)24-23(27)18-12-13-26-15-21(25-22(26)14-18)17-6-4-3-5-7-17/h3-16H,1-2H3,(H,24,27). The van der Waals surface area contributed by atoms with Crippen molar-refractivity contribution in [3.05, 3.63) is 84.7 Å². The van der Waals surface area contributed by atoms with E-state index in [4.69, 9.17) is 4.74 Å². The van der Waals surface area contributed by atoms with Crippen molar-refractivity contribution in [3.63, 3.8) is 0 Å². The third-order valence-electron chi connectivity index (χ3n) is 4.28. The van der Waals surface area contributed by atoms with Crippen LogP contribution in [-0.4, -0.2) is 21.4 Å². The SMILES string of the molecule is CC(C)Oc1ccc(NC(=O)c2ccn3cc(-c4ccccc4)nc3c2)cc1. The molecule has 0 fully saturated rings. The molecule has 2 heterocycles. The number of carbonyl (C=O) groups is 1. The van der Waals surface area contributed by atoms with E-state index in [2.05, 4.69) is 10.3 Å². The van der Waals surface area contributed by atoms with Crippen LogP contribution in [0.4, 0.5) is 5.69 Å². The lowest BCUT2D eigenvalue weighted by Gasteiger charge is -2.10. The highest BCUT2D eigenvalue weighted by atomic mass is 16.5. The Morgan fingerprint density at radius 3 is 2.50 bits per heavy atom. The van der Waals surface area contributed by atoms with E-state index >= 15 is 0 Å². The number of nitrogens with zero attached hydrogens (tertiary/aromatic N) is 2. The maximum Gasteiger partial charge on any atom is 0.255 e. The Kier molecular flexibility index (Phi) is 4.81. The van der Waals surface area contributed by atoms with Crippen molar-refractivity contribution in [3.8, 4) is 17.0 Å². The summed E-state index contributed by atoms with van der Waals surface area (Å²) in [5, 5.41) is 2.91. The molecule has 0 bridgehead atoms. The predicted molar refractivity (Wildman–Crippen MR) is 111 cm³/mol. The zero-order valence-corrected chi connectivity index (χ0v) is 15.8. The van der Waals surface area contributed by atoms with Crippen LogP contribution in [0.3, 0.4) is 0 Å². The molecule has 0 aliphatic rings. The summed E-state index contributed by atoms with van der Waals surface area (Å²) in [6.45, 7) is 3.95. The zero-order chi connectivity index (χ0) is 19.5. The van der Waals surface area contributed by atoms with E-state index in [1.165, 1.54) is 0 Å². The molecule has 0 saturated carbocycles. The van der Waals surface area contributed by atoms with E-state index in [1.54, 1.807) is 12.1 Å². The number of aromatic nitrogens is 2. The normalized spacial score (nSPS) is 11.0. The second-order valence-corrected chi connectivity index (χ2v) is 6.82. The third kappa shape index (κ3) is 3.88. The molecule has 1 amide bonds. The van der Waals surface area contributed by atoms with Gasteiger partial charge in [-0.05, 0) is 50.2 Å². The topological polar surface area (TPSA) is 55.6 Å². The molecule has 2 aromatic heterocycles. The van der Waals surface area contributed by atoms with Gasteiger partial charge in [0.1, 0.15) is 11.4 Å². The van der Waals surface area contributed by atoms with Gasteiger partial charge in [0.15, 0.2) is 0 Å². The molecule has 0 unspecified atom stereocenters. The minimum atomic E-state index is -0.177. The quantitative estimate of drug-likeness (QED) is 0.535. The summed E-state index contributed by atoms with van der Waals surface area (Å²) in [5.74, 6) is 0.601. The Labute approximate surface area is 163 Å². The lowest BCUT2D eigenvalue weighted by Crippen LogP contribution is -2.12. The van der Waals surface area contributed by atoms with E-state index in [-0.39, 0.29) is 12.0 Å². The summed E-state index contributed by atoms with van der Waals surface area (Å²) in [6, 6.07) is 20.9. The fraction of sp³-hybridized carbons (Fsp3) is 0.130. The van der Waals surface area contributed by atoms with E-state index in [9.17, 15) is 4.79 Å². The van der Waals surface area contributed by atoms with Crippen LogP contribution >= 0.6 is 0 Å². The first-order chi connectivity index (χ1) is 13.6. The number of rotatable bonds is 5. The van der Waals surface area contributed by atoms with Gasteiger partial charge in [0.2, 0.25) is 0 Å². The first-order valence-electron chi connectivity index (χ1n) is 9.21. The van der Waals surface area contributed by atoms with Crippen molar-refractivity contribution < 1.29 is 9.53 Å². The highest BCUT2D eigenvalue weighted by Crippen LogP contribution is 2.20. The molecular weight excluding hydrogens is 350 g/mol. The lowest BCUT2D eigenvalue weighted by molar-refractivity contribution is 0.102. The Morgan fingerprint density at radius 2 is 1.79 bits per heavy atom. The van der Waals surface area contributed by atoms with Crippen LogP contribution in [0.1, 0.15) is 24.2 Å². The van der Waals surface area contributed by atoms with E-state index in [0.29, 0.717) is 11.3 Å². The van der Waals surface area contributed by atoms with E-state index < -0.39 is 0 Å². The number of carbonyl (C=O) groups excluding carboxylic acids is 1. The number of nitrogens with one attached hydrogen (secondary N) is 1. The fourth-order valence-corrected chi connectivity index (χ4v) is 2.96. The number of pyridine rings is 1. The maximum atomic E-state index is 12.6. The summed E-state index contributed by atoms with van der Waals surface area (Å²) >= 11 is 0. The number of anilines is 1. The number of hydrogen-bond acceptors (Lipinski definition) is 3. The van der Waals surface area contributed by atoms with Crippen LogP contribution in [0, 0.1) is 0 Å². The maximum absolute atomic E-state index is 12.6. The lowest BCUT2D eigenvalue weighted by atomic mass is 10.2. The van der Waals surface area contributed by atoms with Crippen LogP contribution in [0.5, 0.6) is 5.75 Å². The average molecular weight is 371 g/mol. The monoisotopic (exact) mass is 371 g/mol. The van der Waals surface area contributed by atoms with Gasteiger partial charge in [-0.2, -0.15) is 0 Å². The van der Waals surface area contributed by atoms with Gasteiger partial charge in [0.05, 0.1) is 11.8 Å². The van der Waals surface area contributed by atoms with E-state index in [0.717, 1.165) is 22.7 Å². The molecule has 0 radical (unpaired) electrons. The molecule has 0 saturated heterocycles. The predicted octanol–water partition coefficient (Wildman–Crippen LogP) is 5.04. The second kappa shape index (κ2) is 7.56. The molecule has 1 N–H and O–H groups in total. The van der Waals surface area contributed by atoms with Gasteiger partial charge >= 0.3 is 0 Å². The summed E-state index contributed by atoms with van der Waals surface area (Å²) in [5.41, 5.74) is 3.92. The highest BCUT2D eigenvalue weighted by molar-refractivity contribution is 6.04. The van der Waals surface area contributed by atoms with Crippen LogP contribution in [0.15, 0.2) is 79.1 Å². The number of amides is 1. The van der Waals surface area contributed by atoms with Gasteiger partial charge in [-0.3, -0.25) is 4.79 Å². The molecule has 5 nitrogen and oxygen atoms in total. The van der Waals surface area contributed by atoms with Crippen LogP contribution in [0.2, 0.25) is 0 Å². The Balaban J connectivity index is 1.52. The average Bonchev–Trinajstić information content (AvgIpc) is 3.13. The minimum absolute atomic E-state index is 0.113. The molecule has 140 valence electrons. The minimum Gasteiger partial charge on any atom is -0.491 e. The molecule has 2 aromatic carbocycles. The number of benzene rings is 2. The second-order valence-electron chi connectivity index (χ2n) is 6.82. The first-order valence-corrected chi connectivity index (χ1v) is 9.21. The van der Waals surface area contributed by atoms with Crippen LogP contribution in [-0.2, 0) is 0 Å². The summed E-state index contributed by atoms with van der Waals surface area (Å²) in [4.78, 5) is 17.3. The number of hydrogen-bond donors (Lipinski definition) is 1. The molecule has 0 aliphatic heterocycles. The van der Waals surface area contributed by atoms with Crippen LogP contribution < -0.4 is 10.1 Å². The summed E-state index contributed by atoms with van der Waals surface area (Å²) in [6.07, 6.45) is 3.92. The molecule has 28 heavy (non-hydrogen) atoms. The fourth-order valence-electron chi connectivity index (χ4n) is 2.96. The Morgan fingerprint density at radius 1 is 1.04 bits per heavy atom. The zero-order valence-electron chi connectivity index (χ0n) is 15.8. The smallest absolute Gasteiger partial charge is 0.255 e. The molecule has 4 aromatic rings. The molecular formula is C23H21N3O2. The Bertz CT molecular complexity index is 1100. The van der Waals surface area contributed by atoms with Crippen molar-refractivity contribution in [2.75, 3.05) is 5.32 Å². The van der Waals surface area contributed by atoms with Crippen molar-refractivity contribution in [2.45, 2.75) is 20.0 Å². The first kappa shape index (κ1) is 17.8. The van der Waals surface area contributed by atoms with Gasteiger partial charge in [0, 0.05) is 29.2 Å². The van der Waals surface area contributed by atoms with Gasteiger partial charge in [-0.1, -0.05) is 30.3 Å². The molecule has 0 atom stereocenters. The Hall–Kier alpha value is -3.60. The molecule has 4 rings (SSSR count). The van der Waals surface area contributed by atoms with Gasteiger partial charge in [-0.25, -0.2) is 4.98 Å². The van der Waals surface area contributed by atoms with Crippen molar-refractivity contribution in [1.82, 2.24) is 9.38 Å². The van der Waals surface area contributed by atoms with Crippen LogP contribution in [0.25, 0.3) is 16.9 Å². The molecule has 0 aliphatic carbocycles. The number of ether oxygens (including phenoxy) is 1. The van der Waals surface area contributed by atoms with Crippen molar-refractivity contribution in [2.24, 2.45) is 0 Å². The van der Waals surface area contributed by atoms with Crippen molar-refractivity contribution in [1.29, 1.82) is 0 Å². The van der Waals surface area contributed by atoms with Gasteiger partial charge < -0.3 is 14.5 Å². The van der Waals surface area contributed by atoms with Crippen molar-refractivity contribution >= 4 is 17.2 Å². The van der Waals surface area contributed by atoms with Gasteiger partial charge in [-0.15, -0.1) is 0 Å².